The summed E-state index contributed by atoms with van der Waals surface area (Å²) in [5, 5.41) is 2.88. The van der Waals surface area contributed by atoms with Crippen molar-refractivity contribution < 1.29 is 9.59 Å². The van der Waals surface area contributed by atoms with Crippen molar-refractivity contribution in [2.75, 3.05) is 13.1 Å². The Kier molecular flexibility index (Phi) is 4.92. The van der Waals surface area contributed by atoms with E-state index in [4.69, 9.17) is 4.98 Å². The Hall–Kier alpha value is -3.41. The molecule has 1 aliphatic rings. The van der Waals surface area contributed by atoms with Crippen molar-refractivity contribution in [3.8, 4) is 17.1 Å². The molecule has 0 aliphatic carbocycles. The summed E-state index contributed by atoms with van der Waals surface area (Å²) in [6.45, 7) is 4.62. The molecule has 1 N–H and O–H groups in total. The normalized spacial score (nSPS) is 16.2. The van der Waals surface area contributed by atoms with Gasteiger partial charge in [-0.3, -0.25) is 14.2 Å². The summed E-state index contributed by atoms with van der Waals surface area (Å²) in [6, 6.07) is 19.6. The lowest BCUT2D eigenvalue weighted by Gasteiger charge is -2.34. The molecule has 6 heteroatoms. The SMILES string of the molecule is CC1(C)C(=O)NCCCN1C(=O)c1cn(-c2ccccc2)c(-c2ccccc2)n1. The number of hydrogen-bond donors (Lipinski definition) is 1. The highest BCUT2D eigenvalue weighted by Gasteiger charge is 2.40. The number of hydrogen-bond acceptors (Lipinski definition) is 3. The molecule has 0 saturated carbocycles. The number of carbonyl (C=O) groups is 2. The number of para-hydroxylation sites is 1. The molecule has 0 atom stereocenters. The Balaban J connectivity index is 1.79. The highest BCUT2D eigenvalue weighted by Crippen LogP contribution is 2.26. The molecule has 1 saturated heterocycles. The number of nitrogens with one attached hydrogen (secondary N) is 1. The lowest BCUT2D eigenvalue weighted by atomic mass is 10.0. The lowest BCUT2D eigenvalue weighted by molar-refractivity contribution is -0.129. The molecular formula is C23H24N4O2. The Morgan fingerprint density at radius 1 is 1.03 bits per heavy atom. The van der Waals surface area contributed by atoms with Crippen LogP contribution in [0.1, 0.15) is 30.8 Å². The van der Waals surface area contributed by atoms with E-state index in [2.05, 4.69) is 5.32 Å². The van der Waals surface area contributed by atoms with Gasteiger partial charge in [-0.15, -0.1) is 0 Å². The largest absolute Gasteiger partial charge is 0.354 e. The van der Waals surface area contributed by atoms with Gasteiger partial charge >= 0.3 is 0 Å². The van der Waals surface area contributed by atoms with Crippen LogP contribution in [0.3, 0.4) is 0 Å². The van der Waals surface area contributed by atoms with E-state index < -0.39 is 5.54 Å². The van der Waals surface area contributed by atoms with Gasteiger partial charge in [-0.25, -0.2) is 4.98 Å². The van der Waals surface area contributed by atoms with E-state index in [0.717, 1.165) is 11.3 Å². The summed E-state index contributed by atoms with van der Waals surface area (Å²) >= 11 is 0. The summed E-state index contributed by atoms with van der Waals surface area (Å²) in [6.07, 6.45) is 2.48. The zero-order valence-electron chi connectivity index (χ0n) is 16.6. The van der Waals surface area contributed by atoms with Crippen LogP contribution >= 0.6 is 0 Å². The van der Waals surface area contributed by atoms with Crippen LogP contribution in [0.5, 0.6) is 0 Å². The first-order chi connectivity index (χ1) is 14.0. The molecule has 1 aromatic heterocycles. The van der Waals surface area contributed by atoms with Gasteiger partial charge in [-0.2, -0.15) is 0 Å². The molecule has 6 nitrogen and oxygen atoms in total. The number of amides is 2. The van der Waals surface area contributed by atoms with Crippen LogP contribution in [0, 0.1) is 0 Å². The minimum Gasteiger partial charge on any atom is -0.354 e. The van der Waals surface area contributed by atoms with Gasteiger partial charge in [0.2, 0.25) is 5.91 Å². The number of aromatic nitrogens is 2. The number of rotatable bonds is 3. The van der Waals surface area contributed by atoms with Crippen molar-refractivity contribution in [2.24, 2.45) is 0 Å². The van der Waals surface area contributed by atoms with Crippen LogP contribution in [0.15, 0.2) is 66.9 Å². The molecule has 29 heavy (non-hydrogen) atoms. The van der Waals surface area contributed by atoms with Gasteiger partial charge in [0.05, 0.1) is 0 Å². The van der Waals surface area contributed by atoms with Gasteiger partial charge in [-0.05, 0) is 32.4 Å². The molecule has 1 fully saturated rings. The fraction of sp³-hybridized carbons (Fsp3) is 0.261. The van der Waals surface area contributed by atoms with E-state index in [1.54, 1.807) is 24.9 Å². The summed E-state index contributed by atoms with van der Waals surface area (Å²) in [4.78, 5) is 32.2. The van der Waals surface area contributed by atoms with E-state index in [0.29, 0.717) is 31.0 Å². The molecular weight excluding hydrogens is 364 g/mol. The standard InChI is InChI=1S/C23H24N4O2/c1-23(2)22(29)24-14-9-15-27(23)21(28)19-16-26(18-12-7-4-8-13-18)20(25-19)17-10-5-3-6-11-17/h3-8,10-13,16H,9,14-15H2,1-2H3,(H,24,29). The Morgan fingerprint density at radius 3 is 2.38 bits per heavy atom. The Labute approximate surface area is 170 Å². The molecule has 0 spiro atoms. The third-order valence-corrected chi connectivity index (χ3v) is 5.31. The second-order valence-corrected chi connectivity index (χ2v) is 7.65. The molecule has 2 aromatic carbocycles. The minimum atomic E-state index is -0.934. The summed E-state index contributed by atoms with van der Waals surface area (Å²) in [5.41, 5.74) is 1.24. The van der Waals surface area contributed by atoms with Crippen molar-refractivity contribution in [1.29, 1.82) is 0 Å². The molecule has 2 heterocycles. The fourth-order valence-electron chi connectivity index (χ4n) is 3.61. The maximum atomic E-state index is 13.4. The molecule has 1 aliphatic heterocycles. The quantitative estimate of drug-likeness (QED) is 0.749. The molecule has 4 rings (SSSR count). The van der Waals surface area contributed by atoms with Crippen molar-refractivity contribution >= 4 is 11.8 Å². The number of benzene rings is 2. The molecule has 3 aromatic rings. The van der Waals surface area contributed by atoms with Crippen LogP contribution < -0.4 is 5.32 Å². The summed E-state index contributed by atoms with van der Waals surface area (Å²) < 4.78 is 1.92. The predicted molar refractivity (Wildman–Crippen MR) is 112 cm³/mol. The summed E-state index contributed by atoms with van der Waals surface area (Å²) in [5.74, 6) is 0.310. The number of carbonyl (C=O) groups excluding carboxylic acids is 2. The fourth-order valence-corrected chi connectivity index (χ4v) is 3.61. The topological polar surface area (TPSA) is 67.2 Å². The van der Waals surface area contributed by atoms with Gasteiger partial charge in [0.15, 0.2) is 0 Å². The third kappa shape index (κ3) is 3.53. The molecule has 2 amide bonds. The third-order valence-electron chi connectivity index (χ3n) is 5.31. The van der Waals surface area contributed by atoms with E-state index in [9.17, 15) is 9.59 Å². The smallest absolute Gasteiger partial charge is 0.274 e. The van der Waals surface area contributed by atoms with E-state index >= 15 is 0 Å². The predicted octanol–water partition coefficient (Wildman–Crippen LogP) is 3.28. The second-order valence-electron chi connectivity index (χ2n) is 7.65. The van der Waals surface area contributed by atoms with E-state index in [-0.39, 0.29) is 11.8 Å². The minimum absolute atomic E-state index is 0.144. The van der Waals surface area contributed by atoms with Gasteiger partial charge in [0, 0.05) is 30.5 Å². The highest BCUT2D eigenvalue weighted by atomic mass is 16.2. The first-order valence-corrected chi connectivity index (χ1v) is 9.79. The van der Waals surface area contributed by atoms with Gasteiger partial charge in [0.25, 0.3) is 5.91 Å². The Bertz CT molecular complexity index is 969. The number of imidazole rings is 1. The molecule has 0 bridgehead atoms. The van der Waals surface area contributed by atoms with Crippen LogP contribution in [0.4, 0.5) is 0 Å². The zero-order valence-corrected chi connectivity index (χ0v) is 16.6. The highest BCUT2D eigenvalue weighted by molar-refractivity contribution is 5.98. The monoisotopic (exact) mass is 388 g/mol. The number of nitrogens with zero attached hydrogens (tertiary/aromatic N) is 3. The van der Waals surface area contributed by atoms with E-state index in [1.807, 2.05) is 65.2 Å². The van der Waals surface area contributed by atoms with Gasteiger partial charge in [0.1, 0.15) is 17.1 Å². The first-order valence-electron chi connectivity index (χ1n) is 9.79. The Morgan fingerprint density at radius 2 is 1.69 bits per heavy atom. The maximum Gasteiger partial charge on any atom is 0.274 e. The molecule has 0 radical (unpaired) electrons. The van der Waals surface area contributed by atoms with Crippen LogP contribution in [0.2, 0.25) is 0 Å². The van der Waals surface area contributed by atoms with Crippen molar-refractivity contribution in [1.82, 2.24) is 19.8 Å². The van der Waals surface area contributed by atoms with E-state index in [1.165, 1.54) is 0 Å². The van der Waals surface area contributed by atoms with Crippen molar-refractivity contribution in [2.45, 2.75) is 25.8 Å². The van der Waals surface area contributed by atoms with Crippen LogP contribution in [-0.4, -0.2) is 44.9 Å². The lowest BCUT2D eigenvalue weighted by Crippen LogP contribution is -2.55. The summed E-state index contributed by atoms with van der Waals surface area (Å²) in [7, 11) is 0. The van der Waals surface area contributed by atoms with Crippen molar-refractivity contribution in [3.63, 3.8) is 0 Å². The van der Waals surface area contributed by atoms with Crippen molar-refractivity contribution in [3.05, 3.63) is 72.6 Å². The maximum absolute atomic E-state index is 13.4. The zero-order chi connectivity index (χ0) is 20.4. The molecule has 148 valence electrons. The second kappa shape index (κ2) is 7.54. The average molecular weight is 388 g/mol. The van der Waals surface area contributed by atoms with Gasteiger partial charge in [-0.1, -0.05) is 48.5 Å². The average Bonchev–Trinajstić information content (AvgIpc) is 3.14. The van der Waals surface area contributed by atoms with Gasteiger partial charge < -0.3 is 10.2 Å². The first kappa shape index (κ1) is 18.9. The molecule has 0 unspecified atom stereocenters. The van der Waals surface area contributed by atoms with Crippen LogP contribution in [0.25, 0.3) is 17.1 Å². The van der Waals surface area contributed by atoms with Crippen LogP contribution in [-0.2, 0) is 4.79 Å².